The summed E-state index contributed by atoms with van der Waals surface area (Å²) in [4.78, 5) is 24.5. The van der Waals surface area contributed by atoms with Crippen molar-refractivity contribution < 1.29 is 14.3 Å². The number of nitrogen functional groups attached to an aromatic ring is 1. The van der Waals surface area contributed by atoms with Gasteiger partial charge in [-0.1, -0.05) is 6.07 Å². The van der Waals surface area contributed by atoms with Crippen LogP contribution in [0.25, 0.3) is 22.2 Å². The number of rotatable bonds is 2. The molecule has 3 aromatic rings. The zero-order valence-electron chi connectivity index (χ0n) is 16.3. The van der Waals surface area contributed by atoms with E-state index in [1.807, 2.05) is 23.1 Å². The zero-order chi connectivity index (χ0) is 20.1. The van der Waals surface area contributed by atoms with Gasteiger partial charge in [0.2, 0.25) is 6.79 Å². The summed E-state index contributed by atoms with van der Waals surface area (Å²) in [5, 5.41) is 0.809. The molecule has 29 heavy (non-hydrogen) atoms. The van der Waals surface area contributed by atoms with Crippen LogP contribution >= 0.6 is 0 Å². The van der Waals surface area contributed by atoms with Crippen molar-refractivity contribution in [3.8, 4) is 22.6 Å². The monoisotopic (exact) mass is 394 g/mol. The van der Waals surface area contributed by atoms with Gasteiger partial charge in [-0.05, 0) is 24.1 Å². The summed E-state index contributed by atoms with van der Waals surface area (Å²) in [6.45, 7) is 1.57. The molecule has 2 aliphatic rings. The fourth-order valence-electron chi connectivity index (χ4n) is 4.10. The SMILES string of the molecule is CN(C)C(=O)N1CC[C@H](n2cc(-c3ccc4c(c3)OCO4)c3c(N)ncnc32)C1. The highest BCUT2D eigenvalue weighted by Crippen LogP contribution is 2.40. The lowest BCUT2D eigenvalue weighted by atomic mass is 10.1. The van der Waals surface area contributed by atoms with Crippen molar-refractivity contribution in [1.82, 2.24) is 24.3 Å². The molecule has 2 aliphatic heterocycles. The molecule has 9 nitrogen and oxygen atoms in total. The zero-order valence-corrected chi connectivity index (χ0v) is 16.3. The molecule has 0 bridgehead atoms. The van der Waals surface area contributed by atoms with E-state index in [-0.39, 0.29) is 18.9 Å². The van der Waals surface area contributed by atoms with Crippen LogP contribution in [0.5, 0.6) is 11.5 Å². The van der Waals surface area contributed by atoms with Crippen LogP contribution in [-0.2, 0) is 0 Å². The minimum Gasteiger partial charge on any atom is -0.454 e. The number of hydrogen-bond donors (Lipinski definition) is 1. The van der Waals surface area contributed by atoms with Crippen LogP contribution in [0.2, 0.25) is 0 Å². The van der Waals surface area contributed by atoms with Crippen molar-refractivity contribution in [3.05, 3.63) is 30.7 Å². The first kappa shape index (κ1) is 17.6. The molecule has 1 aromatic carbocycles. The Labute approximate surface area is 167 Å². The van der Waals surface area contributed by atoms with Crippen LogP contribution in [-0.4, -0.2) is 64.3 Å². The van der Waals surface area contributed by atoms with Gasteiger partial charge in [0.05, 0.1) is 11.4 Å². The van der Waals surface area contributed by atoms with E-state index in [1.165, 1.54) is 6.33 Å². The Kier molecular flexibility index (Phi) is 3.97. The summed E-state index contributed by atoms with van der Waals surface area (Å²) in [7, 11) is 3.54. The van der Waals surface area contributed by atoms with E-state index < -0.39 is 0 Å². The Hall–Kier alpha value is -3.49. The molecule has 0 aliphatic carbocycles. The Balaban J connectivity index is 1.58. The molecule has 2 aromatic heterocycles. The van der Waals surface area contributed by atoms with E-state index in [4.69, 9.17) is 15.2 Å². The van der Waals surface area contributed by atoms with Gasteiger partial charge in [0.15, 0.2) is 11.5 Å². The van der Waals surface area contributed by atoms with E-state index in [0.717, 1.165) is 34.3 Å². The van der Waals surface area contributed by atoms with E-state index >= 15 is 0 Å². The molecule has 2 amide bonds. The number of benzene rings is 1. The lowest BCUT2D eigenvalue weighted by Crippen LogP contribution is -2.37. The van der Waals surface area contributed by atoms with Gasteiger partial charge in [-0.2, -0.15) is 0 Å². The summed E-state index contributed by atoms with van der Waals surface area (Å²) in [5.41, 5.74) is 8.91. The van der Waals surface area contributed by atoms with Crippen LogP contribution in [0.4, 0.5) is 10.6 Å². The standard InChI is InChI=1S/C20H22N6O3/c1-24(2)20(27)25-6-5-13(8-25)26-9-14(17-18(21)22-10-23-19(17)26)12-3-4-15-16(7-12)29-11-28-15/h3-4,7,9-10,13H,5-6,8,11H2,1-2H3,(H2,21,22,23)/t13-/m0/s1. The molecule has 0 spiro atoms. The third-order valence-electron chi connectivity index (χ3n) is 5.53. The first-order chi connectivity index (χ1) is 14.0. The minimum atomic E-state index is 0.0223. The molecule has 1 fully saturated rings. The Morgan fingerprint density at radius 3 is 2.90 bits per heavy atom. The summed E-state index contributed by atoms with van der Waals surface area (Å²) in [5.74, 6) is 1.87. The number of nitrogens with two attached hydrogens (primary N) is 1. The smallest absolute Gasteiger partial charge is 0.319 e. The molecule has 2 N–H and O–H groups in total. The third kappa shape index (κ3) is 2.81. The van der Waals surface area contributed by atoms with Gasteiger partial charge in [0, 0.05) is 38.9 Å². The third-order valence-corrected chi connectivity index (χ3v) is 5.53. The maximum atomic E-state index is 12.3. The van der Waals surface area contributed by atoms with Gasteiger partial charge in [0.1, 0.15) is 17.8 Å². The van der Waals surface area contributed by atoms with Crippen molar-refractivity contribution in [1.29, 1.82) is 0 Å². The van der Waals surface area contributed by atoms with Gasteiger partial charge in [-0.3, -0.25) is 0 Å². The molecule has 0 unspecified atom stereocenters. The van der Waals surface area contributed by atoms with Crippen molar-refractivity contribution in [2.45, 2.75) is 12.5 Å². The molecule has 9 heteroatoms. The van der Waals surface area contributed by atoms with E-state index in [2.05, 4.69) is 20.7 Å². The fraction of sp³-hybridized carbons (Fsp3) is 0.350. The maximum Gasteiger partial charge on any atom is 0.319 e. The van der Waals surface area contributed by atoms with E-state index in [1.54, 1.807) is 19.0 Å². The molecular weight excluding hydrogens is 372 g/mol. The molecule has 150 valence electrons. The lowest BCUT2D eigenvalue weighted by molar-refractivity contribution is 0.174. The van der Waals surface area contributed by atoms with Crippen LogP contribution < -0.4 is 15.2 Å². The molecule has 5 rings (SSSR count). The summed E-state index contributed by atoms with van der Waals surface area (Å²) >= 11 is 0. The van der Waals surface area contributed by atoms with Crippen molar-refractivity contribution in [3.63, 3.8) is 0 Å². The number of fused-ring (bicyclic) bond motifs is 2. The number of anilines is 1. The quantitative estimate of drug-likeness (QED) is 0.716. The number of carbonyl (C=O) groups excluding carboxylic acids is 1. The van der Waals surface area contributed by atoms with Crippen molar-refractivity contribution in [2.24, 2.45) is 0 Å². The highest BCUT2D eigenvalue weighted by atomic mass is 16.7. The van der Waals surface area contributed by atoms with Crippen LogP contribution in [0.1, 0.15) is 12.5 Å². The van der Waals surface area contributed by atoms with Gasteiger partial charge >= 0.3 is 6.03 Å². The summed E-state index contributed by atoms with van der Waals surface area (Å²) < 4.78 is 13.1. The molecular formula is C20H22N6O3. The highest BCUT2D eigenvalue weighted by molar-refractivity contribution is 6.01. The molecule has 0 saturated carbocycles. The van der Waals surface area contributed by atoms with E-state index in [9.17, 15) is 4.79 Å². The Morgan fingerprint density at radius 2 is 2.07 bits per heavy atom. The van der Waals surface area contributed by atoms with Gasteiger partial charge in [-0.25, -0.2) is 14.8 Å². The average Bonchev–Trinajstić information content (AvgIpc) is 3.44. The average molecular weight is 394 g/mol. The number of amides is 2. The Morgan fingerprint density at radius 1 is 1.24 bits per heavy atom. The maximum absolute atomic E-state index is 12.3. The second-order valence-electron chi connectivity index (χ2n) is 7.54. The summed E-state index contributed by atoms with van der Waals surface area (Å²) in [6.07, 6.45) is 4.39. The van der Waals surface area contributed by atoms with Crippen LogP contribution in [0, 0.1) is 0 Å². The minimum absolute atomic E-state index is 0.0223. The first-order valence-electron chi connectivity index (χ1n) is 9.50. The number of likely N-dealkylation sites (tertiary alicyclic amines) is 1. The van der Waals surface area contributed by atoms with Crippen LogP contribution in [0.15, 0.2) is 30.7 Å². The number of aromatic nitrogens is 3. The topological polar surface area (TPSA) is 98.7 Å². The van der Waals surface area contributed by atoms with Gasteiger partial charge in [-0.15, -0.1) is 0 Å². The molecule has 0 radical (unpaired) electrons. The second-order valence-corrected chi connectivity index (χ2v) is 7.54. The molecule has 1 atom stereocenters. The number of hydrogen-bond acceptors (Lipinski definition) is 6. The number of carbonyl (C=O) groups is 1. The highest BCUT2D eigenvalue weighted by Gasteiger charge is 2.30. The number of ether oxygens (including phenoxy) is 2. The molecule has 1 saturated heterocycles. The largest absolute Gasteiger partial charge is 0.454 e. The second kappa shape index (κ2) is 6.54. The van der Waals surface area contributed by atoms with Gasteiger partial charge in [0.25, 0.3) is 0 Å². The predicted molar refractivity (Wildman–Crippen MR) is 108 cm³/mol. The number of nitrogens with zero attached hydrogens (tertiary/aromatic N) is 5. The predicted octanol–water partition coefficient (Wildman–Crippen LogP) is 2.34. The number of urea groups is 1. The lowest BCUT2D eigenvalue weighted by Gasteiger charge is -2.21. The van der Waals surface area contributed by atoms with Crippen molar-refractivity contribution in [2.75, 3.05) is 39.7 Å². The van der Waals surface area contributed by atoms with E-state index in [0.29, 0.717) is 24.7 Å². The Bertz CT molecular complexity index is 1110. The molecule has 4 heterocycles. The summed E-state index contributed by atoms with van der Waals surface area (Å²) in [6, 6.07) is 5.97. The normalized spacial score (nSPS) is 17.9. The van der Waals surface area contributed by atoms with Crippen LogP contribution in [0.3, 0.4) is 0 Å². The van der Waals surface area contributed by atoms with Gasteiger partial charge < -0.3 is 29.6 Å². The fourth-order valence-corrected chi connectivity index (χ4v) is 4.10. The van der Waals surface area contributed by atoms with Crippen molar-refractivity contribution >= 4 is 22.9 Å². The first-order valence-corrected chi connectivity index (χ1v) is 9.50.